The van der Waals surface area contributed by atoms with Crippen molar-refractivity contribution in [3.8, 4) is 5.75 Å². The van der Waals surface area contributed by atoms with Crippen molar-refractivity contribution in [1.82, 2.24) is 5.32 Å². The van der Waals surface area contributed by atoms with E-state index in [1.165, 1.54) is 44.1 Å². The van der Waals surface area contributed by atoms with Gasteiger partial charge in [0.15, 0.2) is 0 Å². The minimum Gasteiger partial charge on any atom is -0.493 e. The molecule has 1 aromatic carbocycles. The highest BCUT2D eigenvalue weighted by atomic mass is 32.1. The highest BCUT2D eigenvalue weighted by Crippen LogP contribution is 2.41. The highest BCUT2D eigenvalue weighted by Gasteiger charge is 2.21. The molecular weight excluding hydrogens is 366 g/mol. The first-order valence-corrected chi connectivity index (χ1v) is 9.90. The van der Waals surface area contributed by atoms with Crippen LogP contribution in [-0.2, 0) is 11.2 Å². The van der Waals surface area contributed by atoms with Crippen LogP contribution in [-0.4, -0.2) is 32.3 Å². The zero-order valence-electron chi connectivity index (χ0n) is 15.4. The summed E-state index contributed by atoms with van der Waals surface area (Å²) in [6.45, 7) is 1.07. The molecular formula is C19H25N3O4S. The Bertz CT molecular complexity index is 843. The number of thiophene rings is 1. The number of carbonyl (C=O) groups is 2. The first kappa shape index (κ1) is 19.3. The summed E-state index contributed by atoms with van der Waals surface area (Å²) in [6.07, 6.45) is 4.98. The van der Waals surface area contributed by atoms with Crippen molar-refractivity contribution in [1.29, 1.82) is 0 Å². The van der Waals surface area contributed by atoms with Gasteiger partial charge in [-0.05, 0) is 42.9 Å². The van der Waals surface area contributed by atoms with Crippen molar-refractivity contribution in [2.45, 2.75) is 32.1 Å². The SMILES string of the molecule is COC(=O)NCCc1cc(OCC2CCCC2)c2c(N)c(C(N)=O)sc2c1. The second kappa shape index (κ2) is 8.47. The summed E-state index contributed by atoms with van der Waals surface area (Å²) in [5, 5.41) is 3.41. The van der Waals surface area contributed by atoms with Gasteiger partial charge in [-0.1, -0.05) is 12.8 Å². The zero-order valence-corrected chi connectivity index (χ0v) is 16.2. The van der Waals surface area contributed by atoms with Crippen LogP contribution in [0.3, 0.4) is 0 Å². The Labute approximate surface area is 162 Å². The Balaban J connectivity index is 1.87. The van der Waals surface area contributed by atoms with E-state index in [1.807, 2.05) is 12.1 Å². The summed E-state index contributed by atoms with van der Waals surface area (Å²) >= 11 is 1.27. The van der Waals surface area contributed by atoms with Gasteiger partial charge in [-0.25, -0.2) is 4.79 Å². The molecule has 0 atom stereocenters. The van der Waals surface area contributed by atoms with Gasteiger partial charge in [-0.3, -0.25) is 4.79 Å². The van der Waals surface area contributed by atoms with Crippen molar-refractivity contribution in [2.75, 3.05) is 26.0 Å². The predicted molar refractivity (Wildman–Crippen MR) is 106 cm³/mol. The Hall–Kier alpha value is -2.48. The fourth-order valence-corrected chi connectivity index (χ4v) is 4.53. The van der Waals surface area contributed by atoms with Gasteiger partial charge in [0.2, 0.25) is 0 Å². The summed E-state index contributed by atoms with van der Waals surface area (Å²) in [4.78, 5) is 23.3. The van der Waals surface area contributed by atoms with E-state index < -0.39 is 12.0 Å². The number of hydrogen-bond acceptors (Lipinski definition) is 6. The number of primary amides is 1. The third kappa shape index (κ3) is 4.44. The Morgan fingerprint density at radius 2 is 2.04 bits per heavy atom. The topological polar surface area (TPSA) is 117 Å². The molecule has 7 nitrogen and oxygen atoms in total. The van der Waals surface area contributed by atoms with Crippen molar-refractivity contribution in [3.63, 3.8) is 0 Å². The van der Waals surface area contributed by atoms with Crippen LogP contribution >= 0.6 is 11.3 Å². The predicted octanol–water partition coefficient (Wildman–Crippen LogP) is 3.05. The largest absolute Gasteiger partial charge is 0.493 e. The summed E-state index contributed by atoms with van der Waals surface area (Å²) in [7, 11) is 1.33. The van der Waals surface area contributed by atoms with E-state index in [0.29, 0.717) is 41.8 Å². The maximum atomic E-state index is 11.7. The normalized spacial score (nSPS) is 14.4. The number of fused-ring (bicyclic) bond motifs is 1. The van der Waals surface area contributed by atoms with E-state index in [0.717, 1.165) is 15.6 Å². The van der Waals surface area contributed by atoms with Gasteiger partial charge >= 0.3 is 6.09 Å². The maximum absolute atomic E-state index is 11.7. The van der Waals surface area contributed by atoms with Gasteiger partial charge in [0.25, 0.3) is 5.91 Å². The van der Waals surface area contributed by atoms with Gasteiger partial charge in [0.05, 0.1) is 24.8 Å². The van der Waals surface area contributed by atoms with Crippen LogP contribution in [0.2, 0.25) is 0 Å². The van der Waals surface area contributed by atoms with Gasteiger partial charge in [-0.15, -0.1) is 11.3 Å². The second-order valence-corrected chi connectivity index (χ2v) is 7.86. The van der Waals surface area contributed by atoms with Gasteiger partial charge in [-0.2, -0.15) is 0 Å². The van der Waals surface area contributed by atoms with E-state index in [-0.39, 0.29) is 0 Å². The molecule has 0 spiro atoms. The number of anilines is 1. The molecule has 1 saturated carbocycles. The maximum Gasteiger partial charge on any atom is 0.406 e. The number of carbonyl (C=O) groups excluding carboxylic acids is 2. The molecule has 2 aromatic rings. The minimum atomic E-state index is -0.538. The Morgan fingerprint density at radius 1 is 1.30 bits per heavy atom. The standard InChI is InChI=1S/C19H25N3O4S/c1-25-19(24)22-7-6-12-8-13(26-10-11-4-2-3-5-11)15-14(9-12)27-17(16(15)20)18(21)23/h8-9,11H,2-7,10,20H2,1H3,(H2,21,23)(H,22,24). The molecule has 1 aliphatic rings. The number of amides is 2. The van der Waals surface area contributed by atoms with Crippen molar-refractivity contribution in [3.05, 3.63) is 22.6 Å². The number of benzene rings is 1. The van der Waals surface area contributed by atoms with Gasteiger partial charge < -0.3 is 26.3 Å². The molecule has 0 unspecified atom stereocenters. The summed E-state index contributed by atoms with van der Waals surface area (Å²) in [5.41, 5.74) is 13.0. The van der Waals surface area contributed by atoms with E-state index in [4.69, 9.17) is 16.2 Å². The first-order valence-electron chi connectivity index (χ1n) is 9.09. The van der Waals surface area contributed by atoms with Crippen molar-refractivity contribution in [2.24, 2.45) is 11.7 Å². The second-order valence-electron chi connectivity index (χ2n) is 6.81. The zero-order chi connectivity index (χ0) is 19.4. The lowest BCUT2D eigenvalue weighted by Gasteiger charge is -2.14. The van der Waals surface area contributed by atoms with E-state index in [1.54, 1.807) is 0 Å². The number of nitrogen functional groups attached to an aromatic ring is 1. The average Bonchev–Trinajstić information content (AvgIpc) is 3.27. The van der Waals surface area contributed by atoms with Crippen molar-refractivity contribution < 1.29 is 19.1 Å². The molecule has 1 aromatic heterocycles. The smallest absolute Gasteiger partial charge is 0.406 e. The minimum absolute atomic E-state index is 0.348. The number of alkyl carbamates (subject to hydrolysis) is 1. The molecule has 3 rings (SSSR count). The Morgan fingerprint density at radius 3 is 2.70 bits per heavy atom. The van der Waals surface area contributed by atoms with Gasteiger partial charge in [0, 0.05) is 11.2 Å². The highest BCUT2D eigenvalue weighted by molar-refractivity contribution is 7.21. The third-order valence-corrected chi connectivity index (χ3v) is 6.06. The summed E-state index contributed by atoms with van der Waals surface area (Å²) in [5.74, 6) is 0.693. The molecule has 0 radical (unpaired) electrons. The lowest BCUT2D eigenvalue weighted by Crippen LogP contribution is -2.25. The fraction of sp³-hybridized carbons (Fsp3) is 0.474. The monoisotopic (exact) mass is 391 g/mol. The van der Waals surface area contributed by atoms with Crippen LogP contribution in [0.1, 0.15) is 40.9 Å². The molecule has 1 fully saturated rings. The van der Waals surface area contributed by atoms with Crippen LogP contribution in [0.5, 0.6) is 5.75 Å². The van der Waals surface area contributed by atoms with E-state index in [2.05, 4.69) is 10.1 Å². The molecule has 2 amide bonds. The molecule has 146 valence electrons. The van der Waals surface area contributed by atoms with Crippen LogP contribution in [0.4, 0.5) is 10.5 Å². The quantitative estimate of drug-likeness (QED) is 0.671. The number of ether oxygens (including phenoxy) is 2. The van der Waals surface area contributed by atoms with Crippen LogP contribution in [0, 0.1) is 5.92 Å². The van der Waals surface area contributed by atoms with Crippen LogP contribution < -0.4 is 21.5 Å². The third-order valence-electron chi connectivity index (χ3n) is 4.89. The Kier molecular flexibility index (Phi) is 6.05. The summed E-state index contributed by atoms with van der Waals surface area (Å²) in [6, 6.07) is 3.90. The molecule has 0 bridgehead atoms. The van der Waals surface area contributed by atoms with Gasteiger partial charge in [0.1, 0.15) is 10.6 Å². The average molecular weight is 391 g/mol. The molecule has 0 aliphatic heterocycles. The molecule has 1 heterocycles. The molecule has 5 N–H and O–H groups in total. The lowest BCUT2D eigenvalue weighted by molar-refractivity contribution is 0.100. The summed E-state index contributed by atoms with van der Waals surface area (Å²) < 4.78 is 11.6. The van der Waals surface area contributed by atoms with E-state index >= 15 is 0 Å². The van der Waals surface area contributed by atoms with Crippen molar-refractivity contribution >= 4 is 39.1 Å². The van der Waals surface area contributed by atoms with Crippen LogP contribution in [0.25, 0.3) is 10.1 Å². The fourth-order valence-electron chi connectivity index (χ4n) is 3.48. The number of hydrogen-bond donors (Lipinski definition) is 3. The first-order chi connectivity index (χ1) is 13.0. The molecule has 8 heteroatoms. The number of nitrogens with two attached hydrogens (primary N) is 2. The lowest BCUT2D eigenvalue weighted by atomic mass is 10.1. The molecule has 0 saturated heterocycles. The number of nitrogens with one attached hydrogen (secondary N) is 1. The number of methoxy groups -OCH3 is 1. The van der Waals surface area contributed by atoms with E-state index in [9.17, 15) is 9.59 Å². The number of rotatable bonds is 7. The van der Waals surface area contributed by atoms with Crippen LogP contribution in [0.15, 0.2) is 12.1 Å². The molecule has 27 heavy (non-hydrogen) atoms. The molecule has 1 aliphatic carbocycles.